The number of nitrogens with zero attached hydrogens (tertiary/aromatic N) is 4. The van der Waals surface area contributed by atoms with Crippen LogP contribution in [0.25, 0.3) is 0 Å². The number of rotatable bonds is 5. The van der Waals surface area contributed by atoms with E-state index in [0.29, 0.717) is 5.92 Å². The van der Waals surface area contributed by atoms with Crippen molar-refractivity contribution in [3.8, 4) is 0 Å². The van der Waals surface area contributed by atoms with Crippen LogP contribution in [0.4, 0.5) is 0 Å². The first-order chi connectivity index (χ1) is 12.1. The highest BCUT2D eigenvalue weighted by Crippen LogP contribution is 2.24. The van der Waals surface area contributed by atoms with E-state index < -0.39 is 0 Å². The maximum atomic E-state index is 13.0. The summed E-state index contributed by atoms with van der Waals surface area (Å²) in [6.45, 7) is 8.64. The molecule has 1 saturated heterocycles. The van der Waals surface area contributed by atoms with Gasteiger partial charge in [-0.15, -0.1) is 0 Å². The molecule has 0 aliphatic carbocycles. The number of pyridine rings is 1. The van der Waals surface area contributed by atoms with Gasteiger partial charge in [-0.25, -0.2) is 0 Å². The van der Waals surface area contributed by atoms with Crippen molar-refractivity contribution in [1.29, 1.82) is 0 Å². The van der Waals surface area contributed by atoms with Crippen molar-refractivity contribution >= 4 is 5.91 Å². The highest BCUT2D eigenvalue weighted by atomic mass is 16.2. The molecule has 0 atom stereocenters. The second kappa shape index (κ2) is 7.81. The summed E-state index contributed by atoms with van der Waals surface area (Å²) in [6.07, 6.45) is 7.94. The highest BCUT2D eigenvalue weighted by molar-refractivity contribution is 5.96. The molecule has 2 aromatic heterocycles. The van der Waals surface area contributed by atoms with E-state index in [9.17, 15) is 4.79 Å². The van der Waals surface area contributed by atoms with Crippen LogP contribution < -0.4 is 0 Å². The van der Waals surface area contributed by atoms with Crippen LogP contribution in [0, 0.1) is 19.8 Å². The van der Waals surface area contributed by atoms with Crippen LogP contribution in [0.5, 0.6) is 0 Å². The van der Waals surface area contributed by atoms with Crippen molar-refractivity contribution in [3.05, 3.63) is 47.0 Å². The number of hydrogen-bond acceptors (Lipinski definition) is 3. The van der Waals surface area contributed by atoms with Gasteiger partial charge in [-0.05, 0) is 63.1 Å². The Kier molecular flexibility index (Phi) is 5.51. The number of carbonyl (C=O) groups is 1. The van der Waals surface area contributed by atoms with Gasteiger partial charge in [-0.3, -0.25) is 14.5 Å². The van der Waals surface area contributed by atoms with Gasteiger partial charge < -0.3 is 4.90 Å². The molecule has 25 heavy (non-hydrogen) atoms. The van der Waals surface area contributed by atoms with Gasteiger partial charge in [0.25, 0.3) is 5.91 Å². The van der Waals surface area contributed by atoms with Gasteiger partial charge in [-0.1, -0.05) is 6.92 Å². The lowest BCUT2D eigenvalue weighted by Gasteiger charge is -2.32. The molecule has 0 spiro atoms. The zero-order valence-corrected chi connectivity index (χ0v) is 15.5. The van der Waals surface area contributed by atoms with Gasteiger partial charge in [-0.2, -0.15) is 5.10 Å². The third-order valence-corrected chi connectivity index (χ3v) is 5.21. The summed E-state index contributed by atoms with van der Waals surface area (Å²) in [7, 11) is 0. The lowest BCUT2D eigenvalue weighted by molar-refractivity contribution is 0.0689. The highest BCUT2D eigenvalue weighted by Gasteiger charge is 2.27. The fraction of sp³-hybridized carbons (Fsp3) is 0.550. The second-order valence-electron chi connectivity index (χ2n) is 7.06. The molecule has 0 unspecified atom stereocenters. The average Bonchev–Trinajstić information content (AvgIpc) is 2.90. The molecule has 2 aromatic rings. The standard InChI is InChI=1S/C20H28N4O/c1-4-11-24-16(3)19(15(2)22-24)20(25)23-12-7-18(8-13-23)14-17-5-9-21-10-6-17/h5-6,9-10,18H,4,7-8,11-14H2,1-3H3. The minimum atomic E-state index is 0.153. The summed E-state index contributed by atoms with van der Waals surface area (Å²) in [5.41, 5.74) is 4.01. The summed E-state index contributed by atoms with van der Waals surface area (Å²) in [5.74, 6) is 0.802. The molecule has 0 saturated carbocycles. The Morgan fingerprint density at radius 3 is 2.52 bits per heavy atom. The largest absolute Gasteiger partial charge is 0.339 e. The number of hydrogen-bond donors (Lipinski definition) is 0. The molecule has 5 nitrogen and oxygen atoms in total. The van der Waals surface area contributed by atoms with Crippen molar-refractivity contribution in [2.75, 3.05) is 13.1 Å². The summed E-state index contributed by atoms with van der Waals surface area (Å²) < 4.78 is 1.97. The van der Waals surface area contributed by atoms with Crippen LogP contribution in [0.3, 0.4) is 0 Å². The van der Waals surface area contributed by atoms with Crippen molar-refractivity contribution in [3.63, 3.8) is 0 Å². The minimum absolute atomic E-state index is 0.153. The number of amides is 1. The normalized spacial score (nSPS) is 15.6. The smallest absolute Gasteiger partial charge is 0.257 e. The molecular formula is C20H28N4O. The summed E-state index contributed by atoms with van der Waals surface area (Å²) >= 11 is 0. The van der Waals surface area contributed by atoms with Gasteiger partial charge in [0.05, 0.1) is 11.3 Å². The minimum Gasteiger partial charge on any atom is -0.339 e. The van der Waals surface area contributed by atoms with Crippen LogP contribution in [0.2, 0.25) is 0 Å². The molecule has 0 bridgehead atoms. The molecule has 1 aliphatic heterocycles. The van der Waals surface area contributed by atoms with E-state index in [1.165, 1.54) is 5.56 Å². The molecule has 1 aliphatic rings. The third kappa shape index (κ3) is 3.91. The number of likely N-dealkylation sites (tertiary alicyclic amines) is 1. The Labute approximate surface area is 150 Å². The van der Waals surface area contributed by atoms with Gasteiger partial charge >= 0.3 is 0 Å². The molecule has 134 valence electrons. The topological polar surface area (TPSA) is 51.0 Å². The Morgan fingerprint density at radius 2 is 1.88 bits per heavy atom. The zero-order chi connectivity index (χ0) is 17.8. The first kappa shape index (κ1) is 17.6. The molecule has 0 radical (unpaired) electrons. The van der Waals surface area contributed by atoms with E-state index in [2.05, 4.69) is 29.1 Å². The molecule has 5 heteroatoms. The van der Waals surface area contributed by atoms with Crippen LogP contribution in [-0.2, 0) is 13.0 Å². The molecule has 3 rings (SSSR count). The monoisotopic (exact) mass is 340 g/mol. The maximum absolute atomic E-state index is 13.0. The van der Waals surface area contributed by atoms with Crippen LogP contribution in [-0.4, -0.2) is 38.7 Å². The fourth-order valence-electron chi connectivity index (χ4n) is 3.79. The molecule has 1 amide bonds. The summed E-state index contributed by atoms with van der Waals surface area (Å²) in [5, 5.41) is 4.55. The van der Waals surface area contributed by atoms with Crippen molar-refractivity contribution < 1.29 is 4.79 Å². The Hall–Kier alpha value is -2.17. The van der Waals surface area contributed by atoms with Crippen molar-refractivity contribution in [2.45, 2.75) is 53.0 Å². The number of carbonyl (C=O) groups excluding carboxylic acids is 1. The zero-order valence-electron chi connectivity index (χ0n) is 15.5. The second-order valence-corrected chi connectivity index (χ2v) is 7.06. The molecule has 1 fully saturated rings. The molecule has 3 heterocycles. The Morgan fingerprint density at radius 1 is 1.20 bits per heavy atom. The van der Waals surface area contributed by atoms with Crippen molar-refractivity contribution in [2.24, 2.45) is 5.92 Å². The third-order valence-electron chi connectivity index (χ3n) is 5.21. The predicted octanol–water partition coefficient (Wildman–Crippen LogP) is 3.40. The first-order valence-electron chi connectivity index (χ1n) is 9.32. The van der Waals surface area contributed by atoms with E-state index in [1.807, 2.05) is 35.8 Å². The Bertz CT molecular complexity index is 715. The molecule has 0 N–H and O–H groups in total. The summed E-state index contributed by atoms with van der Waals surface area (Å²) in [4.78, 5) is 19.1. The van der Waals surface area contributed by atoms with Crippen LogP contribution in [0.1, 0.15) is 53.5 Å². The van der Waals surface area contributed by atoms with Crippen LogP contribution >= 0.6 is 0 Å². The fourth-order valence-corrected chi connectivity index (χ4v) is 3.79. The van der Waals surface area contributed by atoms with E-state index in [0.717, 1.165) is 62.3 Å². The maximum Gasteiger partial charge on any atom is 0.257 e. The molecular weight excluding hydrogens is 312 g/mol. The van der Waals surface area contributed by atoms with E-state index >= 15 is 0 Å². The van der Waals surface area contributed by atoms with E-state index in [-0.39, 0.29) is 5.91 Å². The van der Waals surface area contributed by atoms with E-state index in [1.54, 1.807) is 0 Å². The number of piperidine rings is 1. The summed E-state index contributed by atoms with van der Waals surface area (Å²) in [6, 6.07) is 4.18. The van der Waals surface area contributed by atoms with Gasteiger partial charge in [0, 0.05) is 37.7 Å². The molecule has 0 aromatic carbocycles. The lowest BCUT2D eigenvalue weighted by atomic mass is 9.90. The van der Waals surface area contributed by atoms with Gasteiger partial charge in [0.15, 0.2) is 0 Å². The SMILES string of the molecule is CCCn1nc(C)c(C(=O)N2CCC(Cc3ccncc3)CC2)c1C. The van der Waals surface area contributed by atoms with Gasteiger partial charge in [0.1, 0.15) is 0 Å². The first-order valence-corrected chi connectivity index (χ1v) is 9.32. The number of aryl methyl sites for hydroxylation is 2. The van der Waals surface area contributed by atoms with E-state index in [4.69, 9.17) is 0 Å². The predicted molar refractivity (Wildman–Crippen MR) is 98.6 cm³/mol. The average molecular weight is 340 g/mol. The van der Waals surface area contributed by atoms with Crippen molar-refractivity contribution in [1.82, 2.24) is 19.7 Å². The van der Waals surface area contributed by atoms with Gasteiger partial charge in [0.2, 0.25) is 0 Å². The lowest BCUT2D eigenvalue weighted by Crippen LogP contribution is -2.39. The Balaban J connectivity index is 1.62. The van der Waals surface area contributed by atoms with Crippen LogP contribution in [0.15, 0.2) is 24.5 Å². The number of aromatic nitrogens is 3. The quantitative estimate of drug-likeness (QED) is 0.838.